The number of fused-ring (bicyclic) bond motifs is 1. The quantitative estimate of drug-likeness (QED) is 0.432. The Labute approximate surface area is 192 Å². The summed E-state index contributed by atoms with van der Waals surface area (Å²) in [5.74, 6) is -1.44. The Kier molecular flexibility index (Phi) is 5.99. The molecule has 2 amide bonds. The first-order chi connectivity index (χ1) is 15.6. The van der Waals surface area contributed by atoms with E-state index in [1.54, 1.807) is 19.2 Å². The summed E-state index contributed by atoms with van der Waals surface area (Å²) >= 11 is 6.51. The summed E-state index contributed by atoms with van der Waals surface area (Å²) in [6, 6.07) is 1.76. The van der Waals surface area contributed by atoms with Crippen LogP contribution in [0.15, 0.2) is 43.1 Å². The molecule has 4 heterocycles. The van der Waals surface area contributed by atoms with Crippen molar-refractivity contribution < 1.29 is 22.8 Å². The molecular formula is C19H13ClF3N7O2S. The molecule has 0 fully saturated rings. The summed E-state index contributed by atoms with van der Waals surface area (Å²) in [5, 5.41) is 8.94. The van der Waals surface area contributed by atoms with E-state index < -0.39 is 34.6 Å². The fourth-order valence-corrected chi connectivity index (χ4v) is 3.84. The summed E-state index contributed by atoms with van der Waals surface area (Å²) in [5.41, 5.74) is -0.459. The number of alkyl halides is 3. The van der Waals surface area contributed by atoms with Gasteiger partial charge in [-0.2, -0.15) is 18.3 Å². The third kappa shape index (κ3) is 4.78. The van der Waals surface area contributed by atoms with Crippen LogP contribution in [0.1, 0.15) is 43.6 Å². The maximum absolute atomic E-state index is 13.0. The monoisotopic (exact) mass is 495 g/mol. The number of carbonyl (C=O) groups excluding carboxylic acids is 2. The lowest BCUT2D eigenvalue weighted by molar-refractivity contribution is -0.137. The lowest BCUT2D eigenvalue weighted by atomic mass is 10.2. The predicted molar refractivity (Wildman–Crippen MR) is 113 cm³/mol. The molecule has 33 heavy (non-hydrogen) atoms. The molecule has 2 N–H and O–H groups in total. The number of nitrogens with one attached hydrogen (secondary N) is 2. The second kappa shape index (κ2) is 8.75. The van der Waals surface area contributed by atoms with Crippen LogP contribution < -0.4 is 10.6 Å². The number of hydrogen-bond donors (Lipinski definition) is 2. The van der Waals surface area contributed by atoms with Gasteiger partial charge in [0.25, 0.3) is 11.8 Å². The first-order valence-electron chi connectivity index (χ1n) is 9.22. The highest BCUT2D eigenvalue weighted by Gasteiger charge is 2.34. The van der Waals surface area contributed by atoms with Crippen molar-refractivity contribution in [2.45, 2.75) is 19.1 Å². The van der Waals surface area contributed by atoms with Crippen molar-refractivity contribution in [3.8, 4) is 0 Å². The molecule has 0 aromatic carbocycles. The average molecular weight is 496 g/mol. The van der Waals surface area contributed by atoms with E-state index in [1.165, 1.54) is 23.1 Å². The maximum Gasteiger partial charge on any atom is 0.418 e. The van der Waals surface area contributed by atoms with Crippen molar-refractivity contribution in [2.75, 3.05) is 5.32 Å². The number of aromatic nitrogens is 5. The van der Waals surface area contributed by atoms with Crippen molar-refractivity contribution in [2.24, 2.45) is 0 Å². The van der Waals surface area contributed by atoms with Crippen LogP contribution in [0.25, 0.3) is 5.65 Å². The Morgan fingerprint density at radius 3 is 2.70 bits per heavy atom. The van der Waals surface area contributed by atoms with Crippen LogP contribution in [0.5, 0.6) is 0 Å². The van der Waals surface area contributed by atoms with E-state index in [2.05, 4.69) is 30.7 Å². The molecule has 1 atom stereocenters. The summed E-state index contributed by atoms with van der Waals surface area (Å²) in [7, 11) is 0. The molecule has 0 saturated heterocycles. The zero-order valence-corrected chi connectivity index (χ0v) is 18.2. The Morgan fingerprint density at radius 2 is 1.94 bits per heavy atom. The van der Waals surface area contributed by atoms with E-state index in [0.29, 0.717) is 16.7 Å². The van der Waals surface area contributed by atoms with E-state index in [-0.39, 0.29) is 16.3 Å². The van der Waals surface area contributed by atoms with E-state index in [4.69, 9.17) is 11.6 Å². The third-order valence-electron chi connectivity index (χ3n) is 4.39. The van der Waals surface area contributed by atoms with Crippen molar-refractivity contribution in [3.05, 3.63) is 69.2 Å². The number of hydrogen-bond acceptors (Lipinski definition) is 7. The minimum Gasteiger partial charge on any atom is -0.343 e. The SMILES string of the molecule is C[C@@H](NC(=O)c1cnn2cccnc12)c1ncc(C(=O)Nc2cc(C(F)(F)F)c(Cl)cn2)s1. The molecule has 0 bridgehead atoms. The fourth-order valence-electron chi connectivity index (χ4n) is 2.82. The number of thiazole rings is 1. The van der Waals surface area contributed by atoms with Crippen LogP contribution in [0.4, 0.5) is 19.0 Å². The lowest BCUT2D eigenvalue weighted by Crippen LogP contribution is -2.26. The van der Waals surface area contributed by atoms with Gasteiger partial charge in [0.1, 0.15) is 21.3 Å². The maximum atomic E-state index is 13.0. The normalized spacial score (nSPS) is 12.5. The van der Waals surface area contributed by atoms with Gasteiger partial charge < -0.3 is 10.6 Å². The Morgan fingerprint density at radius 1 is 1.15 bits per heavy atom. The minimum absolute atomic E-state index is 0.119. The van der Waals surface area contributed by atoms with E-state index in [0.717, 1.165) is 17.5 Å². The number of anilines is 1. The van der Waals surface area contributed by atoms with E-state index in [9.17, 15) is 22.8 Å². The van der Waals surface area contributed by atoms with Gasteiger partial charge in [-0.1, -0.05) is 11.6 Å². The van der Waals surface area contributed by atoms with Gasteiger partial charge >= 0.3 is 6.18 Å². The van der Waals surface area contributed by atoms with Crippen LogP contribution in [-0.2, 0) is 6.18 Å². The number of amides is 2. The molecule has 14 heteroatoms. The Hall–Kier alpha value is -3.58. The molecule has 9 nitrogen and oxygen atoms in total. The number of rotatable bonds is 5. The first kappa shape index (κ1) is 22.6. The smallest absolute Gasteiger partial charge is 0.343 e. The van der Waals surface area contributed by atoms with Crippen molar-refractivity contribution in [1.29, 1.82) is 0 Å². The van der Waals surface area contributed by atoms with Crippen LogP contribution in [0, 0.1) is 0 Å². The minimum atomic E-state index is -4.69. The van der Waals surface area contributed by atoms with Crippen LogP contribution in [-0.4, -0.2) is 36.4 Å². The van der Waals surface area contributed by atoms with Gasteiger partial charge in [-0.05, 0) is 19.1 Å². The van der Waals surface area contributed by atoms with Gasteiger partial charge in [0, 0.05) is 18.6 Å². The molecule has 4 aromatic heterocycles. The molecule has 0 aliphatic rings. The molecule has 0 aliphatic heterocycles. The third-order valence-corrected chi connectivity index (χ3v) is 5.87. The highest BCUT2D eigenvalue weighted by atomic mass is 35.5. The van der Waals surface area contributed by atoms with Gasteiger partial charge in [0.15, 0.2) is 5.65 Å². The van der Waals surface area contributed by atoms with Gasteiger partial charge in [0.2, 0.25) is 0 Å². The second-order valence-electron chi connectivity index (χ2n) is 6.71. The van der Waals surface area contributed by atoms with Gasteiger partial charge in [0.05, 0.1) is 29.0 Å². The predicted octanol–water partition coefficient (Wildman–Crippen LogP) is 4.00. The van der Waals surface area contributed by atoms with Gasteiger partial charge in [-0.25, -0.2) is 19.5 Å². The molecule has 0 spiro atoms. The summed E-state index contributed by atoms with van der Waals surface area (Å²) < 4.78 is 40.5. The molecule has 4 rings (SSSR count). The Balaban J connectivity index is 1.45. The van der Waals surface area contributed by atoms with Gasteiger partial charge in [-0.15, -0.1) is 11.3 Å². The standard InChI is InChI=1S/C19H13ClF3N7O2S/c1-9(28-16(31)10-6-27-30-4-2-3-24-15(10)30)18-26-8-13(33-18)17(32)29-14-5-11(19(21,22)23)12(20)7-25-14/h2-9H,1H3,(H,28,31)(H,25,29,32)/t9-/m1/s1. The largest absolute Gasteiger partial charge is 0.418 e. The Bertz CT molecular complexity index is 1350. The second-order valence-corrected chi connectivity index (χ2v) is 8.17. The van der Waals surface area contributed by atoms with Crippen LogP contribution in [0.3, 0.4) is 0 Å². The number of pyridine rings is 1. The summed E-state index contributed by atoms with van der Waals surface area (Å²) in [6.45, 7) is 1.67. The molecule has 0 unspecified atom stereocenters. The lowest BCUT2D eigenvalue weighted by Gasteiger charge is -2.11. The summed E-state index contributed by atoms with van der Waals surface area (Å²) in [6.07, 6.45) is 1.96. The highest BCUT2D eigenvalue weighted by Crippen LogP contribution is 2.35. The zero-order valence-electron chi connectivity index (χ0n) is 16.6. The topological polar surface area (TPSA) is 114 Å². The highest BCUT2D eigenvalue weighted by molar-refractivity contribution is 7.13. The molecule has 170 valence electrons. The first-order valence-corrected chi connectivity index (χ1v) is 10.4. The van der Waals surface area contributed by atoms with Crippen LogP contribution >= 0.6 is 22.9 Å². The number of halogens is 4. The zero-order chi connectivity index (χ0) is 23.8. The van der Waals surface area contributed by atoms with Gasteiger partial charge in [-0.3, -0.25) is 9.59 Å². The average Bonchev–Trinajstić information content (AvgIpc) is 3.42. The number of carbonyl (C=O) groups is 2. The van der Waals surface area contributed by atoms with Crippen molar-refractivity contribution in [3.63, 3.8) is 0 Å². The number of nitrogens with zero attached hydrogens (tertiary/aromatic N) is 5. The fraction of sp³-hybridized carbons (Fsp3) is 0.158. The molecule has 4 aromatic rings. The van der Waals surface area contributed by atoms with E-state index in [1.807, 2.05) is 0 Å². The molecule has 0 radical (unpaired) electrons. The van der Waals surface area contributed by atoms with E-state index >= 15 is 0 Å². The summed E-state index contributed by atoms with van der Waals surface area (Å²) in [4.78, 5) is 37.1. The molecule has 0 aliphatic carbocycles. The van der Waals surface area contributed by atoms with Crippen LogP contribution in [0.2, 0.25) is 5.02 Å². The van der Waals surface area contributed by atoms with Crippen molar-refractivity contribution >= 4 is 46.2 Å². The van der Waals surface area contributed by atoms with Crippen molar-refractivity contribution in [1.82, 2.24) is 29.9 Å². The molecular weight excluding hydrogens is 483 g/mol. The molecule has 0 saturated carbocycles.